The van der Waals surface area contributed by atoms with E-state index in [2.05, 4.69) is 9.88 Å². The number of nitrogens with zero attached hydrogens (tertiary/aromatic N) is 2. The van der Waals surface area contributed by atoms with Gasteiger partial charge in [-0.1, -0.05) is 0 Å². The number of hydrogen-bond donors (Lipinski definition) is 0. The fraction of sp³-hybridized carbons (Fsp3) is 0.500. The van der Waals surface area contributed by atoms with Crippen molar-refractivity contribution in [2.75, 3.05) is 14.1 Å². The van der Waals surface area contributed by atoms with Crippen molar-refractivity contribution in [2.24, 2.45) is 0 Å². The maximum atomic E-state index is 10.2. The Hall–Kier alpha value is -0.740. The monoisotopic (exact) mass is 184 g/mol. The standard InChI is InChI=1S/C8H12N2OS/c1-10(2)6-7-5-9-8(12-7)3-4-11/h4-5H,3,6H2,1-2H3. The zero-order chi connectivity index (χ0) is 8.97. The van der Waals surface area contributed by atoms with Gasteiger partial charge in [0.2, 0.25) is 0 Å². The van der Waals surface area contributed by atoms with Crippen LogP contribution in [-0.2, 0) is 17.8 Å². The minimum Gasteiger partial charge on any atom is -0.304 e. The van der Waals surface area contributed by atoms with Gasteiger partial charge in [0, 0.05) is 17.6 Å². The quantitative estimate of drug-likeness (QED) is 0.653. The van der Waals surface area contributed by atoms with Crippen LogP contribution in [-0.4, -0.2) is 30.3 Å². The van der Waals surface area contributed by atoms with Crippen LogP contribution in [0.15, 0.2) is 6.20 Å². The number of carbonyl (C=O) groups is 1. The molecule has 4 heteroatoms. The van der Waals surface area contributed by atoms with E-state index in [9.17, 15) is 4.79 Å². The fourth-order valence-electron chi connectivity index (χ4n) is 0.898. The molecule has 0 amide bonds. The van der Waals surface area contributed by atoms with E-state index in [1.54, 1.807) is 11.3 Å². The molecule has 0 aliphatic rings. The lowest BCUT2D eigenvalue weighted by atomic mass is 10.5. The molecule has 1 heterocycles. The topological polar surface area (TPSA) is 33.2 Å². The number of carbonyl (C=O) groups excluding carboxylic acids is 1. The summed E-state index contributed by atoms with van der Waals surface area (Å²) in [7, 11) is 4.03. The zero-order valence-corrected chi connectivity index (χ0v) is 8.10. The molecule has 0 fully saturated rings. The van der Waals surface area contributed by atoms with E-state index >= 15 is 0 Å². The summed E-state index contributed by atoms with van der Waals surface area (Å²) in [4.78, 5) is 17.6. The fourth-order valence-corrected chi connectivity index (χ4v) is 1.89. The Labute approximate surface area is 76.0 Å². The average Bonchev–Trinajstić information content (AvgIpc) is 2.36. The van der Waals surface area contributed by atoms with Gasteiger partial charge in [0.1, 0.15) is 6.29 Å². The maximum absolute atomic E-state index is 10.2. The summed E-state index contributed by atoms with van der Waals surface area (Å²) in [6.45, 7) is 0.899. The second-order valence-electron chi connectivity index (χ2n) is 2.83. The van der Waals surface area contributed by atoms with E-state index < -0.39 is 0 Å². The first-order valence-corrected chi connectivity index (χ1v) is 4.56. The van der Waals surface area contributed by atoms with Crippen molar-refractivity contribution < 1.29 is 4.79 Å². The Morgan fingerprint density at radius 2 is 2.42 bits per heavy atom. The molecule has 0 aromatic carbocycles. The van der Waals surface area contributed by atoms with Gasteiger partial charge in [0.25, 0.3) is 0 Å². The second-order valence-corrected chi connectivity index (χ2v) is 4.03. The molecule has 0 unspecified atom stereocenters. The lowest BCUT2D eigenvalue weighted by Crippen LogP contribution is -2.09. The highest BCUT2D eigenvalue weighted by molar-refractivity contribution is 7.11. The lowest BCUT2D eigenvalue weighted by molar-refractivity contribution is -0.107. The van der Waals surface area contributed by atoms with Crippen molar-refractivity contribution in [3.05, 3.63) is 16.1 Å². The Kier molecular flexibility index (Phi) is 3.37. The van der Waals surface area contributed by atoms with Crippen molar-refractivity contribution in [1.82, 2.24) is 9.88 Å². The molecular formula is C8H12N2OS. The SMILES string of the molecule is CN(C)Cc1cnc(CC=O)s1. The molecule has 0 N–H and O–H groups in total. The van der Waals surface area contributed by atoms with E-state index in [4.69, 9.17) is 0 Å². The molecule has 66 valence electrons. The van der Waals surface area contributed by atoms with E-state index in [-0.39, 0.29) is 0 Å². The first-order valence-electron chi connectivity index (χ1n) is 3.74. The number of thiazole rings is 1. The van der Waals surface area contributed by atoms with Gasteiger partial charge in [-0.05, 0) is 14.1 Å². The Morgan fingerprint density at radius 3 is 3.00 bits per heavy atom. The van der Waals surface area contributed by atoms with Crippen molar-refractivity contribution in [1.29, 1.82) is 0 Å². The minimum atomic E-state index is 0.443. The van der Waals surface area contributed by atoms with Crippen LogP contribution in [0.5, 0.6) is 0 Å². The predicted octanol–water partition coefficient (Wildman–Crippen LogP) is 0.946. The normalized spacial score (nSPS) is 10.6. The van der Waals surface area contributed by atoms with Crippen LogP contribution in [0.2, 0.25) is 0 Å². The first-order chi connectivity index (χ1) is 5.72. The van der Waals surface area contributed by atoms with E-state index in [1.807, 2.05) is 20.3 Å². The summed E-state index contributed by atoms with van der Waals surface area (Å²) < 4.78 is 0. The Morgan fingerprint density at radius 1 is 1.67 bits per heavy atom. The van der Waals surface area contributed by atoms with Gasteiger partial charge in [-0.25, -0.2) is 4.98 Å². The first kappa shape index (κ1) is 9.35. The molecule has 0 aliphatic carbocycles. The third kappa shape index (κ3) is 2.71. The maximum Gasteiger partial charge on any atom is 0.126 e. The number of rotatable bonds is 4. The molecule has 0 saturated carbocycles. The molecule has 1 rings (SSSR count). The molecule has 0 radical (unpaired) electrons. The van der Waals surface area contributed by atoms with Gasteiger partial charge in [0.15, 0.2) is 0 Å². The summed E-state index contributed by atoms with van der Waals surface area (Å²) in [5.74, 6) is 0. The van der Waals surface area contributed by atoms with Crippen LogP contribution in [0.1, 0.15) is 9.88 Å². The summed E-state index contributed by atoms with van der Waals surface area (Å²) in [6, 6.07) is 0. The molecule has 0 atom stereocenters. The molecule has 0 saturated heterocycles. The third-order valence-electron chi connectivity index (χ3n) is 1.33. The summed E-state index contributed by atoms with van der Waals surface area (Å²) in [6.07, 6.45) is 3.17. The third-order valence-corrected chi connectivity index (χ3v) is 2.34. The highest BCUT2D eigenvalue weighted by Crippen LogP contribution is 2.13. The van der Waals surface area contributed by atoms with Crippen LogP contribution in [0.4, 0.5) is 0 Å². The van der Waals surface area contributed by atoms with Crippen LogP contribution in [0.25, 0.3) is 0 Å². The van der Waals surface area contributed by atoms with E-state index in [1.165, 1.54) is 4.88 Å². The molecule has 12 heavy (non-hydrogen) atoms. The lowest BCUT2D eigenvalue weighted by Gasteiger charge is -2.05. The van der Waals surface area contributed by atoms with Gasteiger partial charge < -0.3 is 9.69 Å². The van der Waals surface area contributed by atoms with Gasteiger partial charge in [0.05, 0.1) is 11.4 Å². The molecule has 1 aromatic heterocycles. The van der Waals surface area contributed by atoms with Gasteiger partial charge in [-0.2, -0.15) is 0 Å². The number of aromatic nitrogens is 1. The largest absolute Gasteiger partial charge is 0.304 e. The summed E-state index contributed by atoms with van der Waals surface area (Å²) in [5, 5.41) is 0.904. The van der Waals surface area contributed by atoms with E-state index in [0.29, 0.717) is 6.42 Å². The molecule has 0 spiro atoms. The molecule has 0 bridgehead atoms. The Bertz CT molecular complexity index is 257. The molecular weight excluding hydrogens is 172 g/mol. The van der Waals surface area contributed by atoms with Crippen molar-refractivity contribution >= 4 is 17.6 Å². The predicted molar refractivity (Wildman–Crippen MR) is 49.3 cm³/mol. The Balaban J connectivity index is 2.57. The molecule has 0 aliphatic heterocycles. The smallest absolute Gasteiger partial charge is 0.126 e. The number of aldehydes is 1. The average molecular weight is 184 g/mol. The second kappa shape index (κ2) is 4.33. The summed E-state index contributed by atoms with van der Waals surface area (Å²) >= 11 is 1.60. The highest BCUT2D eigenvalue weighted by Gasteiger charge is 2.01. The highest BCUT2D eigenvalue weighted by atomic mass is 32.1. The summed E-state index contributed by atoms with van der Waals surface area (Å²) in [5.41, 5.74) is 0. The minimum absolute atomic E-state index is 0.443. The van der Waals surface area contributed by atoms with Crippen molar-refractivity contribution in [2.45, 2.75) is 13.0 Å². The van der Waals surface area contributed by atoms with Gasteiger partial charge >= 0.3 is 0 Å². The van der Waals surface area contributed by atoms with E-state index in [0.717, 1.165) is 17.8 Å². The van der Waals surface area contributed by atoms with Crippen LogP contribution < -0.4 is 0 Å². The molecule has 1 aromatic rings. The van der Waals surface area contributed by atoms with Crippen molar-refractivity contribution in [3.63, 3.8) is 0 Å². The van der Waals surface area contributed by atoms with Crippen LogP contribution in [0.3, 0.4) is 0 Å². The van der Waals surface area contributed by atoms with Crippen molar-refractivity contribution in [3.8, 4) is 0 Å². The van der Waals surface area contributed by atoms with Crippen LogP contribution in [0, 0.1) is 0 Å². The number of hydrogen-bond acceptors (Lipinski definition) is 4. The van der Waals surface area contributed by atoms with Crippen LogP contribution >= 0.6 is 11.3 Å². The molecule has 3 nitrogen and oxygen atoms in total. The zero-order valence-electron chi connectivity index (χ0n) is 7.28. The van der Waals surface area contributed by atoms with Gasteiger partial charge in [-0.15, -0.1) is 11.3 Å². The van der Waals surface area contributed by atoms with Gasteiger partial charge in [-0.3, -0.25) is 0 Å².